The van der Waals surface area contributed by atoms with Gasteiger partial charge in [0.1, 0.15) is 11.6 Å². The molecule has 0 radical (unpaired) electrons. The van der Waals surface area contributed by atoms with Crippen molar-refractivity contribution in [3.05, 3.63) is 29.6 Å². The second kappa shape index (κ2) is 4.40. The van der Waals surface area contributed by atoms with E-state index in [1.54, 1.807) is 6.92 Å². The molecule has 2 amide bonds. The van der Waals surface area contributed by atoms with Crippen LogP contribution < -0.4 is 10.1 Å². The van der Waals surface area contributed by atoms with Crippen molar-refractivity contribution in [1.29, 1.82) is 0 Å². The van der Waals surface area contributed by atoms with Gasteiger partial charge in [-0.05, 0) is 18.2 Å². The number of carbonyl (C=O) groups is 2. The highest BCUT2D eigenvalue weighted by Gasteiger charge is 2.39. The number of nitrogens with one attached hydrogen (secondary N) is 1. The van der Waals surface area contributed by atoms with E-state index in [2.05, 4.69) is 5.32 Å². The highest BCUT2D eigenvalue weighted by atomic mass is 19.1. The first-order chi connectivity index (χ1) is 8.44. The fourth-order valence-corrected chi connectivity index (χ4v) is 2.36. The van der Waals surface area contributed by atoms with Crippen LogP contribution in [0.25, 0.3) is 0 Å². The standard InChI is InChI=1S/C13H14FNO3/c1-13(6-11(16)15-12(17)7-13)9-5-8(14)3-4-10(9)18-2/h3-5H,6-7H2,1-2H3,(H,15,16,17). The molecule has 0 saturated carbocycles. The van der Waals surface area contributed by atoms with E-state index in [9.17, 15) is 14.0 Å². The van der Waals surface area contributed by atoms with E-state index in [1.165, 1.54) is 25.3 Å². The van der Waals surface area contributed by atoms with Gasteiger partial charge in [-0.3, -0.25) is 14.9 Å². The molecule has 0 aliphatic carbocycles. The number of benzene rings is 1. The first kappa shape index (κ1) is 12.5. The minimum absolute atomic E-state index is 0.137. The monoisotopic (exact) mass is 251 g/mol. The predicted octanol–water partition coefficient (Wildman–Crippen LogP) is 1.53. The van der Waals surface area contributed by atoms with Crippen molar-refractivity contribution in [2.75, 3.05) is 7.11 Å². The Morgan fingerprint density at radius 2 is 1.89 bits per heavy atom. The Labute approximate surface area is 104 Å². The summed E-state index contributed by atoms with van der Waals surface area (Å²) >= 11 is 0. The third-order valence-corrected chi connectivity index (χ3v) is 3.19. The van der Waals surface area contributed by atoms with Gasteiger partial charge >= 0.3 is 0 Å². The summed E-state index contributed by atoms with van der Waals surface area (Å²) in [4.78, 5) is 23.0. The number of carbonyl (C=O) groups excluding carboxylic acids is 2. The quantitative estimate of drug-likeness (QED) is 0.811. The van der Waals surface area contributed by atoms with Crippen LogP contribution >= 0.6 is 0 Å². The van der Waals surface area contributed by atoms with Gasteiger partial charge in [-0.2, -0.15) is 0 Å². The molecule has 0 spiro atoms. The van der Waals surface area contributed by atoms with Crippen molar-refractivity contribution < 1.29 is 18.7 Å². The molecule has 5 heteroatoms. The molecule has 96 valence electrons. The maximum atomic E-state index is 13.4. The number of halogens is 1. The summed E-state index contributed by atoms with van der Waals surface area (Å²) in [5.41, 5.74) is -0.180. The summed E-state index contributed by atoms with van der Waals surface area (Å²) < 4.78 is 18.5. The topological polar surface area (TPSA) is 55.4 Å². The Bertz CT molecular complexity index is 497. The maximum absolute atomic E-state index is 13.4. The van der Waals surface area contributed by atoms with E-state index in [1.807, 2.05) is 0 Å². The number of rotatable bonds is 2. The van der Waals surface area contributed by atoms with E-state index >= 15 is 0 Å². The van der Waals surface area contributed by atoms with Crippen molar-refractivity contribution in [3.8, 4) is 5.75 Å². The molecule has 1 saturated heterocycles. The molecule has 1 aromatic carbocycles. The summed E-state index contributed by atoms with van der Waals surface area (Å²) in [6.07, 6.45) is 0.275. The van der Waals surface area contributed by atoms with Gasteiger partial charge in [-0.25, -0.2) is 4.39 Å². The molecule has 0 bridgehead atoms. The lowest BCUT2D eigenvalue weighted by Crippen LogP contribution is -2.45. The van der Waals surface area contributed by atoms with Gasteiger partial charge in [0.2, 0.25) is 11.8 Å². The van der Waals surface area contributed by atoms with Crippen LogP contribution in [0.4, 0.5) is 4.39 Å². The first-order valence-electron chi connectivity index (χ1n) is 5.61. The maximum Gasteiger partial charge on any atom is 0.227 e. The fraction of sp³-hybridized carbons (Fsp3) is 0.385. The smallest absolute Gasteiger partial charge is 0.227 e. The minimum Gasteiger partial charge on any atom is -0.496 e. The largest absolute Gasteiger partial charge is 0.496 e. The van der Waals surface area contributed by atoms with Crippen molar-refractivity contribution in [1.82, 2.24) is 5.32 Å². The zero-order valence-electron chi connectivity index (χ0n) is 10.2. The van der Waals surface area contributed by atoms with Gasteiger partial charge in [-0.1, -0.05) is 6.92 Å². The Morgan fingerprint density at radius 3 is 2.44 bits per heavy atom. The number of piperidine rings is 1. The Balaban J connectivity index is 2.48. The van der Waals surface area contributed by atoms with E-state index in [4.69, 9.17) is 4.74 Å². The summed E-state index contributed by atoms with van der Waals surface area (Å²) in [7, 11) is 1.48. The molecular formula is C13H14FNO3. The van der Waals surface area contributed by atoms with Crippen LogP contribution in [0.5, 0.6) is 5.75 Å². The third-order valence-electron chi connectivity index (χ3n) is 3.19. The Hall–Kier alpha value is -1.91. The second-order valence-corrected chi connectivity index (χ2v) is 4.73. The molecule has 0 atom stereocenters. The highest BCUT2D eigenvalue weighted by molar-refractivity contribution is 5.99. The molecule has 1 aliphatic rings. The van der Waals surface area contributed by atoms with E-state index in [0.29, 0.717) is 11.3 Å². The molecule has 1 N–H and O–H groups in total. The van der Waals surface area contributed by atoms with Crippen LogP contribution in [0.3, 0.4) is 0 Å². The Morgan fingerprint density at radius 1 is 1.28 bits per heavy atom. The van der Waals surface area contributed by atoms with Gasteiger partial charge in [-0.15, -0.1) is 0 Å². The van der Waals surface area contributed by atoms with Gasteiger partial charge in [0.15, 0.2) is 0 Å². The molecule has 4 nitrogen and oxygen atoms in total. The molecule has 0 aromatic heterocycles. The lowest BCUT2D eigenvalue weighted by Gasteiger charge is -2.33. The number of hydrogen-bond acceptors (Lipinski definition) is 3. The van der Waals surface area contributed by atoms with E-state index in [0.717, 1.165) is 0 Å². The summed E-state index contributed by atoms with van der Waals surface area (Å²) in [6.45, 7) is 1.76. The Kier molecular flexibility index (Phi) is 3.07. The number of methoxy groups -OCH3 is 1. The van der Waals surface area contributed by atoms with Gasteiger partial charge in [0.05, 0.1) is 7.11 Å². The number of hydrogen-bond donors (Lipinski definition) is 1. The average molecular weight is 251 g/mol. The average Bonchev–Trinajstić information content (AvgIpc) is 2.27. The molecule has 2 rings (SSSR count). The van der Waals surface area contributed by atoms with Gasteiger partial charge in [0.25, 0.3) is 0 Å². The van der Waals surface area contributed by atoms with Gasteiger partial charge in [0, 0.05) is 23.8 Å². The number of amides is 2. The van der Waals surface area contributed by atoms with Crippen LogP contribution in [0.15, 0.2) is 18.2 Å². The molecule has 0 unspecified atom stereocenters. The van der Waals surface area contributed by atoms with Crippen molar-refractivity contribution in [2.24, 2.45) is 0 Å². The molecular weight excluding hydrogens is 237 g/mol. The van der Waals surface area contributed by atoms with E-state index < -0.39 is 11.2 Å². The SMILES string of the molecule is COc1ccc(F)cc1C1(C)CC(=O)NC(=O)C1. The molecule has 1 heterocycles. The zero-order valence-corrected chi connectivity index (χ0v) is 10.2. The minimum atomic E-state index is -0.729. The van der Waals surface area contributed by atoms with Gasteiger partial charge < -0.3 is 4.74 Å². The lowest BCUT2D eigenvalue weighted by molar-refractivity contribution is -0.135. The number of imide groups is 1. The first-order valence-corrected chi connectivity index (χ1v) is 5.61. The van der Waals surface area contributed by atoms with Crippen LogP contribution in [0, 0.1) is 5.82 Å². The second-order valence-electron chi connectivity index (χ2n) is 4.73. The molecule has 18 heavy (non-hydrogen) atoms. The van der Waals surface area contributed by atoms with Crippen LogP contribution in [0.1, 0.15) is 25.3 Å². The third kappa shape index (κ3) is 2.20. The zero-order chi connectivity index (χ0) is 13.3. The summed E-state index contributed by atoms with van der Waals surface area (Å²) in [6, 6.07) is 4.12. The summed E-state index contributed by atoms with van der Waals surface area (Å²) in [5, 5.41) is 2.24. The van der Waals surface area contributed by atoms with Crippen LogP contribution in [-0.4, -0.2) is 18.9 Å². The fourth-order valence-electron chi connectivity index (χ4n) is 2.36. The molecule has 1 fully saturated rings. The van der Waals surface area contributed by atoms with Crippen LogP contribution in [-0.2, 0) is 15.0 Å². The highest BCUT2D eigenvalue weighted by Crippen LogP contribution is 2.39. The summed E-state index contributed by atoms with van der Waals surface area (Å²) in [5.74, 6) is -0.619. The normalized spacial score (nSPS) is 18.4. The molecule has 1 aliphatic heterocycles. The predicted molar refractivity (Wildman–Crippen MR) is 62.7 cm³/mol. The van der Waals surface area contributed by atoms with Crippen molar-refractivity contribution >= 4 is 11.8 Å². The van der Waals surface area contributed by atoms with Crippen molar-refractivity contribution in [2.45, 2.75) is 25.2 Å². The molecule has 1 aromatic rings. The van der Waals surface area contributed by atoms with Crippen molar-refractivity contribution in [3.63, 3.8) is 0 Å². The number of ether oxygens (including phenoxy) is 1. The lowest BCUT2D eigenvalue weighted by atomic mass is 9.74. The van der Waals surface area contributed by atoms with E-state index in [-0.39, 0.29) is 24.7 Å². The van der Waals surface area contributed by atoms with Crippen LogP contribution in [0.2, 0.25) is 0 Å².